The molecule has 142 valence electrons. The summed E-state index contributed by atoms with van der Waals surface area (Å²) < 4.78 is 25.3. The van der Waals surface area contributed by atoms with E-state index in [-0.39, 0.29) is 6.42 Å². The lowest BCUT2D eigenvalue weighted by atomic mass is 9.82. The maximum Gasteiger partial charge on any atom is 0.303 e. The number of hydrogen-bond donors (Lipinski definition) is 2. The minimum absolute atomic E-state index is 0.175. The van der Waals surface area contributed by atoms with Crippen molar-refractivity contribution in [2.45, 2.75) is 82.7 Å². The van der Waals surface area contributed by atoms with Crippen LogP contribution in [0, 0.1) is 0 Å². The van der Waals surface area contributed by atoms with E-state index in [1.807, 2.05) is 0 Å². The van der Waals surface area contributed by atoms with Crippen molar-refractivity contribution in [1.29, 1.82) is 0 Å². The number of carbonyl (C=O) groups is 1. The minimum Gasteiger partial charge on any atom is -0.481 e. The monoisotopic (exact) mass is 363 g/mol. The predicted molar refractivity (Wildman–Crippen MR) is 94.4 cm³/mol. The summed E-state index contributed by atoms with van der Waals surface area (Å²) in [4.78, 5) is 10.4. The third kappa shape index (κ3) is 8.99. The second-order valence-electron chi connectivity index (χ2n) is 7.11. The predicted octanol–water partition coefficient (Wildman–Crippen LogP) is 2.76. The van der Waals surface area contributed by atoms with Gasteiger partial charge in [0.2, 0.25) is 10.0 Å². The molecule has 1 saturated carbocycles. The first-order valence-electron chi connectivity index (χ1n) is 9.12. The highest BCUT2D eigenvalue weighted by Crippen LogP contribution is 2.31. The van der Waals surface area contributed by atoms with Gasteiger partial charge in [0.1, 0.15) is 0 Å². The van der Waals surface area contributed by atoms with Gasteiger partial charge in [-0.05, 0) is 38.5 Å². The van der Waals surface area contributed by atoms with Crippen LogP contribution in [0.3, 0.4) is 0 Å². The largest absolute Gasteiger partial charge is 0.481 e. The maximum absolute atomic E-state index is 11.9. The average Bonchev–Trinajstić information content (AvgIpc) is 2.48. The zero-order valence-corrected chi connectivity index (χ0v) is 15.7. The Hall–Kier alpha value is -0.660. The summed E-state index contributed by atoms with van der Waals surface area (Å²) in [5.74, 6) is -0.784. The van der Waals surface area contributed by atoms with Crippen molar-refractivity contribution in [2.24, 2.45) is 0 Å². The molecule has 0 unspecified atom stereocenters. The normalized spacial score (nSPS) is 18.0. The van der Waals surface area contributed by atoms with Gasteiger partial charge in [-0.2, -0.15) is 0 Å². The van der Waals surface area contributed by atoms with Gasteiger partial charge in [0, 0.05) is 19.5 Å². The number of rotatable bonds is 12. The second kappa shape index (κ2) is 10.4. The van der Waals surface area contributed by atoms with E-state index in [1.54, 1.807) is 0 Å². The van der Waals surface area contributed by atoms with E-state index in [9.17, 15) is 18.3 Å². The van der Waals surface area contributed by atoms with E-state index in [2.05, 4.69) is 0 Å². The number of nitrogens with zero attached hydrogens (tertiary/aromatic N) is 1. The first kappa shape index (κ1) is 21.4. The molecule has 0 aromatic carbocycles. The van der Waals surface area contributed by atoms with Crippen LogP contribution in [-0.4, -0.2) is 53.9 Å². The smallest absolute Gasteiger partial charge is 0.303 e. The van der Waals surface area contributed by atoms with Gasteiger partial charge >= 0.3 is 5.97 Å². The zero-order valence-electron chi connectivity index (χ0n) is 14.9. The highest BCUT2D eigenvalue weighted by Gasteiger charge is 2.29. The van der Waals surface area contributed by atoms with Gasteiger partial charge in [0.15, 0.2) is 0 Å². The maximum atomic E-state index is 11.9. The van der Waals surface area contributed by atoms with Crippen LogP contribution < -0.4 is 0 Å². The molecule has 0 heterocycles. The Morgan fingerprint density at radius 3 is 2.17 bits per heavy atom. The Bertz CT molecular complexity index is 471. The first-order chi connectivity index (χ1) is 11.2. The van der Waals surface area contributed by atoms with Gasteiger partial charge in [-0.1, -0.05) is 32.1 Å². The van der Waals surface area contributed by atoms with Gasteiger partial charge in [-0.15, -0.1) is 0 Å². The van der Waals surface area contributed by atoms with Crippen molar-refractivity contribution in [3.05, 3.63) is 0 Å². The van der Waals surface area contributed by atoms with Crippen LogP contribution in [0.25, 0.3) is 0 Å². The van der Waals surface area contributed by atoms with E-state index in [0.29, 0.717) is 32.4 Å². The molecule has 0 aromatic heterocycles. The quantitative estimate of drug-likeness (QED) is 0.520. The molecular weight excluding hydrogens is 330 g/mol. The number of aliphatic hydroxyl groups is 1. The van der Waals surface area contributed by atoms with Gasteiger partial charge in [0.05, 0.1) is 11.9 Å². The van der Waals surface area contributed by atoms with Crippen molar-refractivity contribution in [3.8, 4) is 0 Å². The number of unbranched alkanes of at least 4 members (excludes halogenated alkanes) is 3. The number of hydrogen-bond acceptors (Lipinski definition) is 4. The lowest BCUT2D eigenvalue weighted by Gasteiger charge is -2.32. The van der Waals surface area contributed by atoms with E-state index < -0.39 is 21.6 Å². The summed E-state index contributed by atoms with van der Waals surface area (Å²) in [6.45, 7) is 0.931. The van der Waals surface area contributed by atoms with Crippen LogP contribution >= 0.6 is 0 Å². The highest BCUT2D eigenvalue weighted by molar-refractivity contribution is 7.88. The van der Waals surface area contributed by atoms with E-state index in [0.717, 1.165) is 44.9 Å². The van der Waals surface area contributed by atoms with Crippen molar-refractivity contribution in [2.75, 3.05) is 19.3 Å². The summed E-state index contributed by atoms with van der Waals surface area (Å²) in [7, 11) is -3.24. The Kier molecular flexibility index (Phi) is 9.23. The van der Waals surface area contributed by atoms with Crippen molar-refractivity contribution >= 4 is 16.0 Å². The third-order valence-electron chi connectivity index (χ3n) is 4.85. The van der Waals surface area contributed by atoms with Crippen LogP contribution in [0.1, 0.15) is 77.0 Å². The zero-order chi connectivity index (χ0) is 18.1. The van der Waals surface area contributed by atoms with Gasteiger partial charge in [0.25, 0.3) is 0 Å². The minimum atomic E-state index is -3.24. The summed E-state index contributed by atoms with van der Waals surface area (Å²) in [5.41, 5.74) is -0.599. The molecule has 0 spiro atoms. The summed E-state index contributed by atoms with van der Waals surface area (Å²) >= 11 is 0. The van der Waals surface area contributed by atoms with Crippen LogP contribution in [0.15, 0.2) is 0 Å². The van der Waals surface area contributed by atoms with Gasteiger partial charge in [-0.3, -0.25) is 4.79 Å². The molecule has 0 bridgehead atoms. The molecular formula is C17H33NO5S. The lowest BCUT2D eigenvalue weighted by Crippen LogP contribution is -2.35. The fourth-order valence-corrected chi connectivity index (χ4v) is 4.33. The topological polar surface area (TPSA) is 94.9 Å². The molecule has 6 nitrogen and oxygen atoms in total. The Labute approximate surface area is 146 Å². The van der Waals surface area contributed by atoms with Crippen LogP contribution in [0.4, 0.5) is 0 Å². The fraction of sp³-hybridized carbons (Fsp3) is 0.941. The van der Waals surface area contributed by atoms with Crippen molar-refractivity contribution in [1.82, 2.24) is 4.31 Å². The standard InChI is InChI=1S/C17H33NO5S/c1-24(22,23)18(14-8-3-2-5-10-16(19)20)15-9-13-17(21)11-6-4-7-12-17/h21H,2-15H2,1H3,(H,19,20). The molecule has 1 aliphatic rings. The molecule has 0 aliphatic heterocycles. The van der Waals surface area contributed by atoms with Crippen molar-refractivity contribution < 1.29 is 23.4 Å². The Morgan fingerprint density at radius 2 is 1.58 bits per heavy atom. The first-order valence-corrected chi connectivity index (χ1v) is 11.0. The summed E-state index contributed by atoms with van der Waals surface area (Å²) in [6.07, 6.45) is 10.7. The molecule has 1 fully saturated rings. The molecule has 0 amide bonds. The van der Waals surface area contributed by atoms with Crippen LogP contribution in [0.5, 0.6) is 0 Å². The molecule has 24 heavy (non-hydrogen) atoms. The molecule has 1 rings (SSSR count). The van der Waals surface area contributed by atoms with E-state index in [4.69, 9.17) is 5.11 Å². The summed E-state index contributed by atoms with van der Waals surface area (Å²) in [6, 6.07) is 0. The van der Waals surface area contributed by atoms with E-state index >= 15 is 0 Å². The van der Waals surface area contributed by atoms with E-state index in [1.165, 1.54) is 17.0 Å². The van der Waals surface area contributed by atoms with Crippen LogP contribution in [0.2, 0.25) is 0 Å². The molecule has 1 aliphatic carbocycles. The Balaban J connectivity index is 2.28. The number of carboxylic acid groups (broad SMARTS) is 1. The molecule has 7 heteroatoms. The number of aliphatic carboxylic acids is 1. The molecule has 2 N–H and O–H groups in total. The Morgan fingerprint density at radius 1 is 1.00 bits per heavy atom. The fourth-order valence-electron chi connectivity index (χ4n) is 3.41. The third-order valence-corrected chi connectivity index (χ3v) is 6.15. The van der Waals surface area contributed by atoms with Gasteiger partial charge in [-0.25, -0.2) is 12.7 Å². The molecule has 0 aromatic rings. The molecule has 0 atom stereocenters. The summed E-state index contributed by atoms with van der Waals surface area (Å²) in [5, 5.41) is 19.1. The molecule has 0 saturated heterocycles. The van der Waals surface area contributed by atoms with Gasteiger partial charge < -0.3 is 10.2 Å². The molecule has 0 radical (unpaired) electrons. The number of carboxylic acids is 1. The SMILES string of the molecule is CS(=O)(=O)N(CCCCCCC(=O)O)CCCC1(O)CCCCC1. The lowest BCUT2D eigenvalue weighted by molar-refractivity contribution is -0.137. The van der Waals surface area contributed by atoms with Crippen LogP contribution in [-0.2, 0) is 14.8 Å². The number of sulfonamides is 1. The highest BCUT2D eigenvalue weighted by atomic mass is 32.2. The second-order valence-corrected chi connectivity index (χ2v) is 9.09. The van der Waals surface area contributed by atoms with Crippen molar-refractivity contribution in [3.63, 3.8) is 0 Å². The average molecular weight is 364 g/mol.